The highest BCUT2D eigenvalue weighted by molar-refractivity contribution is 6.76. The van der Waals surface area contributed by atoms with Crippen LogP contribution in [0.1, 0.15) is 27.0 Å². The predicted octanol–water partition coefficient (Wildman–Crippen LogP) is 4.88. The van der Waals surface area contributed by atoms with Crippen molar-refractivity contribution in [1.29, 1.82) is 0 Å². The van der Waals surface area contributed by atoms with Gasteiger partial charge in [0, 0.05) is 54.6 Å². The van der Waals surface area contributed by atoms with Gasteiger partial charge in [0.2, 0.25) is 5.43 Å². The lowest BCUT2D eigenvalue weighted by atomic mass is 9.87. The molecule has 1 aliphatic carbocycles. The van der Waals surface area contributed by atoms with Gasteiger partial charge in [0.25, 0.3) is 0 Å². The lowest BCUT2D eigenvalue weighted by Crippen LogP contribution is -2.24. The highest BCUT2D eigenvalue weighted by Gasteiger charge is 2.31. The number of hydrogen-bond donors (Lipinski definition) is 0. The highest BCUT2D eigenvalue weighted by atomic mass is 28.3. The Bertz CT molecular complexity index is 1690. The average molecular weight is 673 g/mol. The number of Topliss-reactive ketones (excluding diaryl/α,β-unsaturated/α-hetero) is 1. The third-order valence-electron chi connectivity index (χ3n) is 7.04. The van der Waals surface area contributed by atoms with E-state index in [2.05, 4.69) is 19.6 Å². The van der Waals surface area contributed by atoms with Crippen LogP contribution in [0, 0.1) is 0 Å². The van der Waals surface area contributed by atoms with Crippen LogP contribution in [0.4, 0.5) is 0 Å². The van der Waals surface area contributed by atoms with Crippen molar-refractivity contribution in [2.45, 2.75) is 32.1 Å². The number of hydrogen-bond acceptors (Lipinski definition) is 13. The van der Waals surface area contributed by atoms with Gasteiger partial charge < -0.3 is 47.0 Å². The third kappa shape index (κ3) is 8.58. The second kappa shape index (κ2) is 16.1. The summed E-state index contributed by atoms with van der Waals surface area (Å²) in [5.74, 6) is -0.458. The first-order valence-corrected chi connectivity index (χ1v) is 18.4. The zero-order chi connectivity index (χ0) is 34.1. The van der Waals surface area contributed by atoms with E-state index in [1.165, 1.54) is 40.8 Å². The fraction of sp³-hybridized carbons (Fsp3) is 0.424. The number of esters is 1. The molecule has 2 aromatic carbocycles. The molecular weight excluding hydrogens is 632 g/mol. The fourth-order valence-electron chi connectivity index (χ4n) is 4.75. The summed E-state index contributed by atoms with van der Waals surface area (Å²) in [6.07, 6.45) is 2.72. The number of carbonyl (C=O) groups is 2. The molecule has 0 aliphatic heterocycles. The van der Waals surface area contributed by atoms with Crippen molar-refractivity contribution in [2.24, 2.45) is 0 Å². The molecule has 13 nitrogen and oxygen atoms in total. The zero-order valence-corrected chi connectivity index (χ0v) is 28.6. The van der Waals surface area contributed by atoms with Gasteiger partial charge in [-0.05, 0) is 35.4 Å². The monoisotopic (exact) mass is 672 g/mol. The smallest absolute Gasteiger partial charge is 0.342 e. The van der Waals surface area contributed by atoms with Gasteiger partial charge in [0.05, 0.1) is 17.6 Å². The van der Waals surface area contributed by atoms with Crippen LogP contribution in [-0.2, 0) is 34.9 Å². The molecule has 3 aromatic rings. The number of rotatable bonds is 17. The van der Waals surface area contributed by atoms with Crippen molar-refractivity contribution in [1.82, 2.24) is 0 Å². The maximum atomic E-state index is 14.3. The maximum absolute atomic E-state index is 14.3. The summed E-state index contributed by atoms with van der Waals surface area (Å²) in [6.45, 7) is 6.05. The molecule has 0 saturated carbocycles. The van der Waals surface area contributed by atoms with Crippen LogP contribution in [0.5, 0.6) is 23.0 Å². The summed E-state index contributed by atoms with van der Waals surface area (Å²) in [4.78, 5) is 41.6. The normalized spacial score (nSPS) is 12.8. The molecule has 14 heteroatoms. The SMILES string of the molecule is COCOc1cc2c(cc1OCOC)CC(=O)C(c1coc3cc(OCOC)c(OCOC)c(C(=O)OCC[Si](C)(C)C)c3c1=O)=C2. The second-order valence-electron chi connectivity index (χ2n) is 11.7. The summed E-state index contributed by atoms with van der Waals surface area (Å²) in [5, 5.41) is -0.136. The first kappa shape index (κ1) is 35.6. The lowest BCUT2D eigenvalue weighted by molar-refractivity contribution is -0.113. The fourth-order valence-corrected chi connectivity index (χ4v) is 5.46. The van der Waals surface area contributed by atoms with E-state index in [0.29, 0.717) is 28.7 Å². The van der Waals surface area contributed by atoms with E-state index in [1.54, 1.807) is 18.2 Å². The first-order chi connectivity index (χ1) is 22.5. The van der Waals surface area contributed by atoms with E-state index in [9.17, 15) is 14.4 Å². The molecule has 4 rings (SSSR count). The number of carbonyl (C=O) groups excluding carboxylic acids is 2. The Hall–Kier alpha value is -4.21. The molecule has 1 aromatic heterocycles. The molecule has 47 heavy (non-hydrogen) atoms. The first-order valence-electron chi connectivity index (χ1n) is 14.7. The Morgan fingerprint density at radius 1 is 0.809 bits per heavy atom. The molecule has 0 spiro atoms. The summed E-state index contributed by atoms with van der Waals surface area (Å²) < 4.78 is 54.6. The van der Waals surface area contributed by atoms with E-state index in [0.717, 1.165) is 0 Å². The van der Waals surface area contributed by atoms with Crippen LogP contribution in [-0.4, -0.2) is 82.0 Å². The minimum atomic E-state index is -1.57. The summed E-state index contributed by atoms with van der Waals surface area (Å²) in [7, 11) is 4.24. The molecule has 1 aliphatic rings. The van der Waals surface area contributed by atoms with Crippen molar-refractivity contribution in [3.8, 4) is 23.0 Å². The number of allylic oxidation sites excluding steroid dienone is 1. The Balaban J connectivity index is 1.90. The molecule has 0 amide bonds. The Morgan fingerprint density at radius 2 is 1.40 bits per heavy atom. The van der Waals surface area contributed by atoms with Crippen LogP contribution in [0.25, 0.3) is 22.6 Å². The van der Waals surface area contributed by atoms with Crippen molar-refractivity contribution in [2.75, 3.05) is 62.2 Å². The Kier molecular flexibility index (Phi) is 12.2. The van der Waals surface area contributed by atoms with Gasteiger partial charge in [0.15, 0.2) is 56.0 Å². The summed E-state index contributed by atoms with van der Waals surface area (Å²) in [6, 6.07) is 5.48. The number of ether oxygens (including phenoxy) is 9. The van der Waals surface area contributed by atoms with Gasteiger partial charge in [-0.15, -0.1) is 0 Å². The van der Waals surface area contributed by atoms with Crippen LogP contribution >= 0.6 is 0 Å². The van der Waals surface area contributed by atoms with Crippen LogP contribution < -0.4 is 24.4 Å². The molecule has 1 heterocycles. The molecule has 0 atom stereocenters. The van der Waals surface area contributed by atoms with Crippen molar-refractivity contribution in [3.05, 3.63) is 56.9 Å². The van der Waals surface area contributed by atoms with E-state index in [4.69, 9.17) is 47.0 Å². The van der Waals surface area contributed by atoms with Gasteiger partial charge in [-0.1, -0.05) is 19.6 Å². The second-order valence-corrected chi connectivity index (χ2v) is 17.4. The summed E-state index contributed by atoms with van der Waals surface area (Å²) in [5.41, 5.74) is 0.487. The van der Waals surface area contributed by atoms with Crippen LogP contribution in [0.3, 0.4) is 0 Å². The van der Waals surface area contributed by atoms with Gasteiger partial charge in [-0.2, -0.15) is 0 Å². The molecule has 0 bridgehead atoms. The largest absolute Gasteiger partial charge is 0.464 e. The molecule has 254 valence electrons. The molecule has 0 radical (unpaired) electrons. The van der Waals surface area contributed by atoms with E-state index >= 15 is 0 Å². The average Bonchev–Trinajstić information content (AvgIpc) is 3.03. The van der Waals surface area contributed by atoms with E-state index < -0.39 is 19.5 Å². The molecule has 0 fully saturated rings. The number of ketones is 1. The predicted molar refractivity (Wildman–Crippen MR) is 174 cm³/mol. The highest BCUT2D eigenvalue weighted by Crippen LogP contribution is 2.40. The molecular formula is C33H40O13Si. The lowest BCUT2D eigenvalue weighted by Gasteiger charge is -2.20. The van der Waals surface area contributed by atoms with Crippen LogP contribution in [0.15, 0.2) is 33.7 Å². The topological polar surface area (TPSA) is 147 Å². The third-order valence-corrected chi connectivity index (χ3v) is 8.74. The number of benzene rings is 2. The van der Waals surface area contributed by atoms with Gasteiger partial charge in [-0.3, -0.25) is 9.59 Å². The minimum absolute atomic E-state index is 0.0196. The number of fused-ring (bicyclic) bond motifs is 2. The van der Waals surface area contributed by atoms with Crippen molar-refractivity contribution >= 4 is 42.4 Å². The maximum Gasteiger partial charge on any atom is 0.342 e. The molecule has 0 unspecified atom stereocenters. The van der Waals surface area contributed by atoms with Gasteiger partial charge in [0.1, 0.15) is 17.4 Å². The van der Waals surface area contributed by atoms with Gasteiger partial charge >= 0.3 is 5.97 Å². The zero-order valence-electron chi connectivity index (χ0n) is 27.6. The number of methoxy groups -OCH3 is 4. The van der Waals surface area contributed by atoms with E-state index in [-0.39, 0.29) is 85.2 Å². The molecule has 0 saturated heterocycles. The van der Waals surface area contributed by atoms with E-state index in [1.807, 2.05) is 0 Å². The Morgan fingerprint density at radius 3 is 2.02 bits per heavy atom. The van der Waals surface area contributed by atoms with Crippen molar-refractivity contribution in [3.63, 3.8) is 0 Å². The quantitative estimate of drug-likeness (QED) is 0.109. The standard InChI is InChI=1S/C33H40O13Si/c1-37-16-43-25-12-20-10-22(24(34)11-21(20)13-26(25)44-17-38-2)23-15-42-27-14-28(45-18-39-3)32(46-19-40-4)30(29(27)31(23)35)33(36)41-8-9-47(5,6)7/h10,12-15H,8-9,11,16-19H2,1-7H3. The Labute approximate surface area is 273 Å². The minimum Gasteiger partial charge on any atom is -0.464 e. The van der Waals surface area contributed by atoms with Crippen molar-refractivity contribution < 1.29 is 56.6 Å². The van der Waals surface area contributed by atoms with Gasteiger partial charge in [-0.25, -0.2) is 4.79 Å². The summed E-state index contributed by atoms with van der Waals surface area (Å²) >= 11 is 0. The van der Waals surface area contributed by atoms with Crippen LogP contribution in [0.2, 0.25) is 25.7 Å². The molecule has 0 N–H and O–H groups in total.